The van der Waals surface area contributed by atoms with Crippen molar-refractivity contribution in [2.24, 2.45) is 0 Å². The first kappa shape index (κ1) is 22.8. The molecule has 4 N–H and O–H groups in total. The molecule has 1 heterocycles. The van der Waals surface area contributed by atoms with Crippen molar-refractivity contribution in [3.05, 3.63) is 58.7 Å². The Bertz CT molecular complexity index is 936. The Hall–Kier alpha value is -2.90. The molecule has 3 rings (SSSR count). The van der Waals surface area contributed by atoms with E-state index in [0.29, 0.717) is 12.2 Å². The maximum absolute atomic E-state index is 12.3. The Morgan fingerprint density at radius 1 is 0.935 bits per heavy atom. The minimum atomic E-state index is -0.479. The fraction of sp³-hybridized carbons (Fsp3) is 0.417. The second-order valence-corrected chi connectivity index (χ2v) is 8.49. The van der Waals surface area contributed by atoms with Crippen LogP contribution in [0.4, 0.5) is 10.5 Å². The summed E-state index contributed by atoms with van der Waals surface area (Å²) in [6, 6.07) is 11.6. The molecule has 0 aliphatic carbocycles. The minimum absolute atomic E-state index is 0.249. The third kappa shape index (κ3) is 6.54. The van der Waals surface area contributed by atoms with Crippen LogP contribution in [0.5, 0.6) is 5.75 Å². The monoisotopic (exact) mass is 426 g/mol. The number of anilines is 1. The van der Waals surface area contributed by atoms with Crippen LogP contribution in [0, 0.1) is 20.8 Å². The number of carbonyl (C=O) groups excluding carboxylic acids is 2. The molecular formula is C24H34N4O3+2. The highest BCUT2D eigenvalue weighted by molar-refractivity contribution is 6.01. The van der Waals surface area contributed by atoms with E-state index < -0.39 is 6.03 Å². The molecule has 3 amide bonds. The molecule has 2 aromatic rings. The second kappa shape index (κ2) is 10.4. The van der Waals surface area contributed by atoms with Gasteiger partial charge in [-0.05, 0) is 44.5 Å². The largest absolute Gasteiger partial charge is 0.496 e. The molecule has 1 aliphatic heterocycles. The lowest BCUT2D eigenvalue weighted by atomic mass is 10.1. The molecule has 1 aliphatic rings. The van der Waals surface area contributed by atoms with Crippen LogP contribution >= 0.6 is 0 Å². The van der Waals surface area contributed by atoms with E-state index in [1.807, 2.05) is 38.1 Å². The number of rotatable bonds is 6. The van der Waals surface area contributed by atoms with Crippen molar-refractivity contribution in [2.75, 3.05) is 45.2 Å². The van der Waals surface area contributed by atoms with Gasteiger partial charge in [-0.1, -0.05) is 29.3 Å². The normalized spacial score (nSPS) is 18.3. The van der Waals surface area contributed by atoms with E-state index in [-0.39, 0.29) is 5.91 Å². The van der Waals surface area contributed by atoms with Crippen LogP contribution < -0.4 is 25.2 Å². The fourth-order valence-corrected chi connectivity index (χ4v) is 4.13. The van der Waals surface area contributed by atoms with Crippen LogP contribution in [0.2, 0.25) is 0 Å². The first-order valence-corrected chi connectivity index (χ1v) is 10.8. The molecule has 0 unspecified atom stereocenters. The van der Waals surface area contributed by atoms with Crippen molar-refractivity contribution in [3.8, 4) is 5.75 Å². The smallest absolute Gasteiger partial charge is 0.326 e. The summed E-state index contributed by atoms with van der Waals surface area (Å²) in [5.74, 6) is 0.683. The number of hydrogen-bond donors (Lipinski definition) is 4. The van der Waals surface area contributed by atoms with Crippen LogP contribution in [-0.4, -0.2) is 51.8 Å². The highest BCUT2D eigenvalue weighted by Gasteiger charge is 2.26. The maximum atomic E-state index is 12.3. The van der Waals surface area contributed by atoms with Crippen molar-refractivity contribution in [2.45, 2.75) is 27.3 Å². The van der Waals surface area contributed by atoms with E-state index in [2.05, 4.69) is 29.7 Å². The number of aryl methyl sites for hydroxylation is 3. The molecule has 7 nitrogen and oxygen atoms in total. The topological polar surface area (TPSA) is 76.3 Å². The van der Waals surface area contributed by atoms with Gasteiger partial charge in [0.25, 0.3) is 5.91 Å². The Morgan fingerprint density at radius 3 is 2.26 bits per heavy atom. The number of benzene rings is 2. The van der Waals surface area contributed by atoms with Crippen LogP contribution in [0.15, 0.2) is 36.4 Å². The Morgan fingerprint density at radius 2 is 1.58 bits per heavy atom. The van der Waals surface area contributed by atoms with Gasteiger partial charge in [-0.3, -0.25) is 10.1 Å². The zero-order valence-electron chi connectivity index (χ0n) is 18.9. The molecule has 0 atom stereocenters. The first-order valence-electron chi connectivity index (χ1n) is 10.8. The van der Waals surface area contributed by atoms with E-state index in [0.717, 1.165) is 49.6 Å². The van der Waals surface area contributed by atoms with Crippen LogP contribution in [0.3, 0.4) is 0 Å². The van der Waals surface area contributed by atoms with E-state index in [4.69, 9.17) is 4.74 Å². The van der Waals surface area contributed by atoms with Gasteiger partial charge in [-0.25, -0.2) is 4.79 Å². The molecule has 2 aromatic carbocycles. The third-order valence-corrected chi connectivity index (χ3v) is 5.83. The number of hydrogen-bond acceptors (Lipinski definition) is 3. The Kier molecular flexibility index (Phi) is 7.65. The van der Waals surface area contributed by atoms with Gasteiger partial charge in [-0.2, -0.15) is 0 Å². The van der Waals surface area contributed by atoms with E-state index in [1.54, 1.807) is 7.11 Å². The van der Waals surface area contributed by atoms with Crippen LogP contribution in [-0.2, 0) is 11.3 Å². The third-order valence-electron chi connectivity index (χ3n) is 5.83. The van der Waals surface area contributed by atoms with E-state index in [1.165, 1.54) is 20.9 Å². The summed E-state index contributed by atoms with van der Waals surface area (Å²) in [7, 11) is 1.71. The number of amides is 3. The van der Waals surface area contributed by atoms with Gasteiger partial charge in [0.1, 0.15) is 38.5 Å². The summed E-state index contributed by atoms with van der Waals surface area (Å²) >= 11 is 0. The summed E-state index contributed by atoms with van der Waals surface area (Å²) < 4.78 is 5.50. The van der Waals surface area contributed by atoms with Crippen molar-refractivity contribution >= 4 is 17.6 Å². The molecule has 0 aromatic heterocycles. The lowest BCUT2D eigenvalue weighted by Gasteiger charge is -2.29. The quantitative estimate of drug-likeness (QED) is 0.535. The van der Waals surface area contributed by atoms with Gasteiger partial charge in [0.05, 0.1) is 7.11 Å². The molecular weight excluding hydrogens is 392 g/mol. The molecule has 0 spiro atoms. The predicted molar refractivity (Wildman–Crippen MR) is 121 cm³/mol. The summed E-state index contributed by atoms with van der Waals surface area (Å²) in [4.78, 5) is 27.2. The standard InChI is InChI=1S/C24H32N4O3/c1-17-5-7-21(19(3)13-17)25-24(30)26-23(29)16-28-11-9-27(10-12-28)15-20-14-18(2)6-8-22(20)31-4/h5-8,13-14H,9-12,15-16H2,1-4H3,(H2,25,26,29,30)/p+2. The van der Waals surface area contributed by atoms with Gasteiger partial charge in [0.15, 0.2) is 6.54 Å². The average Bonchev–Trinajstić information content (AvgIpc) is 2.71. The molecule has 1 fully saturated rings. The highest BCUT2D eigenvalue weighted by Crippen LogP contribution is 2.18. The van der Waals surface area contributed by atoms with Gasteiger partial charge in [0.2, 0.25) is 0 Å². The lowest BCUT2D eigenvalue weighted by molar-refractivity contribution is -1.02. The molecule has 1 saturated heterocycles. The SMILES string of the molecule is COc1ccc(C)cc1C[NH+]1CC[NH+](CC(=O)NC(=O)Nc2ccc(C)cc2C)CC1. The number of ether oxygens (including phenoxy) is 1. The van der Waals surface area contributed by atoms with Gasteiger partial charge >= 0.3 is 6.03 Å². The average molecular weight is 427 g/mol. The van der Waals surface area contributed by atoms with Crippen molar-refractivity contribution in [3.63, 3.8) is 0 Å². The highest BCUT2D eigenvalue weighted by atomic mass is 16.5. The van der Waals surface area contributed by atoms with Gasteiger partial charge in [0, 0.05) is 11.3 Å². The molecule has 0 radical (unpaired) electrons. The minimum Gasteiger partial charge on any atom is -0.496 e. The Balaban J connectivity index is 1.43. The molecule has 166 valence electrons. The number of piperazine rings is 1. The van der Waals surface area contributed by atoms with Gasteiger partial charge in [-0.15, -0.1) is 0 Å². The summed E-state index contributed by atoms with van der Waals surface area (Å²) in [5, 5.41) is 5.22. The number of methoxy groups -OCH3 is 1. The lowest BCUT2D eigenvalue weighted by Crippen LogP contribution is -3.28. The number of quaternary nitrogens is 2. The van der Waals surface area contributed by atoms with Crippen molar-refractivity contribution in [1.82, 2.24) is 5.32 Å². The fourth-order valence-electron chi connectivity index (χ4n) is 4.13. The molecule has 31 heavy (non-hydrogen) atoms. The second-order valence-electron chi connectivity index (χ2n) is 8.49. The number of urea groups is 1. The number of imide groups is 1. The van der Waals surface area contributed by atoms with Crippen molar-refractivity contribution < 1.29 is 24.1 Å². The van der Waals surface area contributed by atoms with Gasteiger partial charge < -0.3 is 19.9 Å². The molecule has 7 heteroatoms. The zero-order chi connectivity index (χ0) is 22.4. The molecule has 0 bridgehead atoms. The molecule has 0 saturated carbocycles. The number of nitrogens with one attached hydrogen (secondary N) is 4. The van der Waals surface area contributed by atoms with E-state index in [9.17, 15) is 9.59 Å². The van der Waals surface area contributed by atoms with Crippen LogP contribution in [0.1, 0.15) is 22.3 Å². The zero-order valence-corrected chi connectivity index (χ0v) is 18.9. The summed E-state index contributed by atoms with van der Waals surface area (Å²) in [6.07, 6.45) is 0. The van der Waals surface area contributed by atoms with E-state index >= 15 is 0 Å². The van der Waals surface area contributed by atoms with Crippen LogP contribution in [0.25, 0.3) is 0 Å². The Labute approximate surface area is 184 Å². The summed E-state index contributed by atoms with van der Waals surface area (Å²) in [5.41, 5.74) is 5.27. The maximum Gasteiger partial charge on any atom is 0.326 e. The summed E-state index contributed by atoms with van der Waals surface area (Å²) in [6.45, 7) is 11.0. The van der Waals surface area contributed by atoms with Crippen molar-refractivity contribution in [1.29, 1.82) is 0 Å². The first-order chi connectivity index (χ1) is 14.8. The number of carbonyl (C=O) groups is 2. The predicted octanol–water partition coefficient (Wildman–Crippen LogP) is 0.252.